The van der Waals surface area contributed by atoms with Gasteiger partial charge in [0.15, 0.2) is 12.1 Å². The molecule has 5 rings (SSSR count). The predicted octanol–water partition coefficient (Wildman–Crippen LogP) is 3.14. The molecule has 194 valence electrons. The monoisotopic (exact) mass is 544 g/mol. The van der Waals surface area contributed by atoms with Crippen LogP contribution in [0.4, 0.5) is 10.1 Å². The average molecular weight is 545 g/mol. The van der Waals surface area contributed by atoms with E-state index in [9.17, 15) is 14.0 Å². The number of carbonyl (C=O) groups is 2. The number of aromatic amines is 1. The van der Waals surface area contributed by atoms with Crippen molar-refractivity contribution >= 4 is 35.2 Å². The second-order valence-corrected chi connectivity index (χ2v) is 8.41. The molecule has 0 radical (unpaired) electrons. The second-order valence-electron chi connectivity index (χ2n) is 8.01. The minimum atomic E-state index is -1.05. The van der Waals surface area contributed by atoms with Crippen molar-refractivity contribution in [1.82, 2.24) is 46.1 Å². The van der Waals surface area contributed by atoms with Crippen LogP contribution in [0.25, 0.3) is 23.2 Å². The molecule has 1 atom stereocenters. The number of nitrogens with one attached hydrogen (secondary N) is 3. The highest BCUT2D eigenvalue weighted by molar-refractivity contribution is 6.31. The number of hydrogen-bond donors (Lipinski definition) is 3. The summed E-state index contributed by atoms with van der Waals surface area (Å²) in [5, 5.41) is 30.3. The molecule has 14 heteroatoms. The van der Waals surface area contributed by atoms with Gasteiger partial charge in [0.2, 0.25) is 11.7 Å². The summed E-state index contributed by atoms with van der Waals surface area (Å²) in [6, 6.07) is 17.3. The fourth-order valence-corrected chi connectivity index (χ4v) is 3.83. The van der Waals surface area contributed by atoms with Gasteiger partial charge in [0.1, 0.15) is 6.04 Å². The highest BCUT2D eigenvalue weighted by Gasteiger charge is 2.22. The minimum absolute atomic E-state index is 0.0296. The van der Waals surface area contributed by atoms with Crippen LogP contribution in [0.1, 0.15) is 17.2 Å². The van der Waals surface area contributed by atoms with Gasteiger partial charge < -0.3 is 10.6 Å². The lowest BCUT2D eigenvalue weighted by Gasteiger charge is -2.18. The standard InChI is InChI=1S/C25H18ClFN10O2/c26-19-11-12-20(37-29-14-28-36-37)18(22(19)27)10-13-21(38)31-23(15-4-2-1-3-5-15)25(39)30-17-8-6-16(7-9-17)24-32-34-35-33-24/h1-14,23H,(H,30,39)(H,31,38)(H,32,33,34,35). The van der Waals surface area contributed by atoms with Crippen molar-refractivity contribution in [3.05, 3.63) is 101 Å². The number of halogens is 2. The van der Waals surface area contributed by atoms with E-state index in [0.717, 1.165) is 10.9 Å². The minimum Gasteiger partial charge on any atom is -0.337 e. The molecule has 0 fully saturated rings. The Morgan fingerprint density at radius 2 is 1.85 bits per heavy atom. The first-order chi connectivity index (χ1) is 19.0. The maximum Gasteiger partial charge on any atom is 0.251 e. The first-order valence-corrected chi connectivity index (χ1v) is 11.8. The lowest BCUT2D eigenvalue weighted by Crippen LogP contribution is -2.36. The Labute approximate surface area is 224 Å². The van der Waals surface area contributed by atoms with Gasteiger partial charge in [-0.25, -0.2) is 4.39 Å². The Balaban J connectivity index is 1.35. The summed E-state index contributed by atoms with van der Waals surface area (Å²) in [7, 11) is 0. The summed E-state index contributed by atoms with van der Waals surface area (Å²) < 4.78 is 14.8. The molecule has 0 bridgehead atoms. The zero-order valence-corrected chi connectivity index (χ0v) is 20.6. The quantitative estimate of drug-likeness (QED) is 0.251. The molecule has 0 aliphatic carbocycles. The molecule has 12 nitrogen and oxygen atoms in total. The highest BCUT2D eigenvalue weighted by Crippen LogP contribution is 2.25. The number of H-pyrrole nitrogens is 1. The molecule has 1 unspecified atom stereocenters. The third-order valence-electron chi connectivity index (χ3n) is 5.51. The van der Waals surface area contributed by atoms with E-state index in [2.05, 4.69) is 46.7 Å². The highest BCUT2D eigenvalue weighted by atomic mass is 35.5. The molecule has 3 N–H and O–H groups in total. The molecule has 3 aromatic carbocycles. The summed E-state index contributed by atoms with van der Waals surface area (Å²) in [6.07, 6.45) is 3.51. The smallest absolute Gasteiger partial charge is 0.251 e. The van der Waals surface area contributed by atoms with Crippen molar-refractivity contribution in [2.45, 2.75) is 6.04 Å². The van der Waals surface area contributed by atoms with Crippen LogP contribution in [0.5, 0.6) is 0 Å². The van der Waals surface area contributed by atoms with Crippen LogP contribution < -0.4 is 10.6 Å². The number of benzene rings is 3. The van der Waals surface area contributed by atoms with E-state index in [1.807, 2.05) is 0 Å². The molecule has 2 amide bonds. The number of hydrogen-bond acceptors (Lipinski definition) is 8. The van der Waals surface area contributed by atoms with Gasteiger partial charge in [-0.05, 0) is 58.5 Å². The van der Waals surface area contributed by atoms with E-state index in [1.165, 1.54) is 24.5 Å². The fourth-order valence-electron chi connectivity index (χ4n) is 3.66. The van der Waals surface area contributed by atoms with Crippen molar-refractivity contribution in [2.75, 3.05) is 5.32 Å². The summed E-state index contributed by atoms with van der Waals surface area (Å²) in [6.45, 7) is 0. The van der Waals surface area contributed by atoms with Crippen LogP contribution in [-0.2, 0) is 9.59 Å². The Kier molecular flexibility index (Phi) is 7.41. The van der Waals surface area contributed by atoms with E-state index in [-0.39, 0.29) is 16.3 Å². The second kappa shape index (κ2) is 11.4. The average Bonchev–Trinajstić information content (AvgIpc) is 3.69. The lowest BCUT2D eigenvalue weighted by molar-refractivity contribution is -0.123. The van der Waals surface area contributed by atoms with Crippen LogP contribution in [0.15, 0.2) is 79.1 Å². The number of anilines is 1. The Bertz CT molecular complexity index is 1610. The van der Waals surface area contributed by atoms with Crippen LogP contribution in [0, 0.1) is 5.82 Å². The van der Waals surface area contributed by atoms with Gasteiger partial charge in [0.05, 0.1) is 10.7 Å². The van der Waals surface area contributed by atoms with Crippen LogP contribution in [0.3, 0.4) is 0 Å². The maximum absolute atomic E-state index is 14.8. The van der Waals surface area contributed by atoms with Crippen LogP contribution in [0.2, 0.25) is 5.02 Å². The zero-order chi connectivity index (χ0) is 27.2. The van der Waals surface area contributed by atoms with Crippen molar-refractivity contribution in [1.29, 1.82) is 0 Å². The number of aromatic nitrogens is 8. The normalized spacial score (nSPS) is 11.8. The van der Waals surface area contributed by atoms with E-state index in [0.29, 0.717) is 22.6 Å². The number of rotatable bonds is 8. The van der Waals surface area contributed by atoms with Gasteiger partial charge in [-0.1, -0.05) is 41.9 Å². The first kappa shape index (κ1) is 25.4. The van der Waals surface area contributed by atoms with Crippen LogP contribution >= 0.6 is 11.6 Å². The van der Waals surface area contributed by atoms with E-state index in [4.69, 9.17) is 11.6 Å². The topological polar surface area (TPSA) is 156 Å². The van der Waals surface area contributed by atoms with Gasteiger partial charge in [-0.2, -0.15) is 5.21 Å². The fraction of sp³-hybridized carbons (Fsp3) is 0.0400. The molecule has 2 heterocycles. The van der Waals surface area contributed by atoms with E-state index >= 15 is 0 Å². The van der Waals surface area contributed by atoms with Gasteiger partial charge >= 0.3 is 0 Å². The predicted molar refractivity (Wildman–Crippen MR) is 139 cm³/mol. The molecule has 39 heavy (non-hydrogen) atoms. The Morgan fingerprint density at radius 3 is 2.54 bits per heavy atom. The van der Waals surface area contributed by atoms with Gasteiger partial charge in [-0.15, -0.1) is 25.2 Å². The van der Waals surface area contributed by atoms with Crippen molar-refractivity contribution in [2.24, 2.45) is 0 Å². The third-order valence-corrected chi connectivity index (χ3v) is 5.81. The molecule has 0 saturated carbocycles. The van der Waals surface area contributed by atoms with E-state index < -0.39 is 23.7 Å². The molecule has 5 aromatic rings. The van der Waals surface area contributed by atoms with Crippen molar-refractivity contribution in [3.63, 3.8) is 0 Å². The summed E-state index contributed by atoms with van der Waals surface area (Å²) in [5.74, 6) is -1.50. The number of carbonyl (C=O) groups excluding carboxylic acids is 2. The zero-order valence-electron chi connectivity index (χ0n) is 19.9. The molecule has 0 spiro atoms. The van der Waals surface area contributed by atoms with Crippen molar-refractivity contribution in [3.8, 4) is 17.1 Å². The molecule has 0 saturated heterocycles. The van der Waals surface area contributed by atoms with Gasteiger partial charge in [0.25, 0.3) is 5.91 Å². The third kappa shape index (κ3) is 5.83. The molecular weight excluding hydrogens is 527 g/mol. The SMILES string of the molecule is O=C(C=Cc1c(-n2ncnn2)ccc(Cl)c1F)NC(C(=O)Nc1ccc(-c2nn[nH]n2)cc1)c1ccccc1. The Hall–Kier alpha value is -5.30. The lowest BCUT2D eigenvalue weighted by atomic mass is 10.1. The van der Waals surface area contributed by atoms with Gasteiger partial charge in [-0.3, -0.25) is 9.59 Å². The largest absolute Gasteiger partial charge is 0.337 e. The van der Waals surface area contributed by atoms with E-state index in [1.54, 1.807) is 54.6 Å². The number of tetrazole rings is 2. The molecule has 0 aliphatic rings. The maximum atomic E-state index is 14.8. The van der Waals surface area contributed by atoms with Gasteiger partial charge in [0, 0.05) is 22.9 Å². The summed E-state index contributed by atoms with van der Waals surface area (Å²) >= 11 is 5.94. The number of amides is 2. The van der Waals surface area contributed by atoms with Crippen molar-refractivity contribution < 1.29 is 14.0 Å². The summed E-state index contributed by atoms with van der Waals surface area (Å²) in [5.41, 5.74) is 1.93. The summed E-state index contributed by atoms with van der Waals surface area (Å²) in [4.78, 5) is 27.3. The first-order valence-electron chi connectivity index (χ1n) is 11.4. The van der Waals surface area contributed by atoms with Crippen LogP contribution in [-0.4, -0.2) is 52.6 Å². The molecular formula is C25H18ClFN10O2. The number of nitrogens with zero attached hydrogens (tertiary/aromatic N) is 7. The molecule has 0 aliphatic heterocycles. The Morgan fingerprint density at radius 1 is 1.05 bits per heavy atom. The molecule has 2 aromatic heterocycles.